The Morgan fingerprint density at radius 3 is 3.05 bits per heavy atom. The Morgan fingerprint density at radius 2 is 2.33 bits per heavy atom. The summed E-state index contributed by atoms with van der Waals surface area (Å²) < 4.78 is 0.933. The number of aromatic amines is 1. The highest BCUT2D eigenvalue weighted by molar-refractivity contribution is 9.10. The fourth-order valence-corrected chi connectivity index (χ4v) is 3.52. The van der Waals surface area contributed by atoms with Gasteiger partial charge in [0.15, 0.2) is 5.16 Å². The largest absolute Gasteiger partial charge is 0.324 e. The number of halogens is 1. The molecule has 0 saturated heterocycles. The van der Waals surface area contributed by atoms with Gasteiger partial charge < -0.3 is 10.6 Å². The topological polar surface area (TPSA) is 82.7 Å². The van der Waals surface area contributed by atoms with E-state index in [0.29, 0.717) is 5.16 Å². The lowest BCUT2D eigenvalue weighted by molar-refractivity contribution is -0.117. The normalized spacial score (nSPS) is 16.9. The van der Waals surface area contributed by atoms with E-state index in [0.717, 1.165) is 33.6 Å². The third kappa shape index (κ3) is 2.97. The maximum Gasteiger partial charge on any atom is 0.246 e. The molecular formula is C13H14BrN5OS. The van der Waals surface area contributed by atoms with Gasteiger partial charge in [-0.05, 0) is 52.8 Å². The van der Waals surface area contributed by atoms with E-state index in [-0.39, 0.29) is 11.9 Å². The minimum Gasteiger partial charge on any atom is -0.324 e. The number of hydrogen-bond acceptors (Lipinski definition) is 5. The van der Waals surface area contributed by atoms with Gasteiger partial charge in [-0.25, -0.2) is 4.98 Å². The Labute approximate surface area is 134 Å². The molecule has 110 valence electrons. The molecule has 0 radical (unpaired) electrons. The summed E-state index contributed by atoms with van der Waals surface area (Å²) in [6.07, 6.45) is 2.45. The number of carbonyl (C=O) groups excluding carboxylic acids is 1. The Hall–Kier alpha value is -1.38. The first-order valence-corrected chi connectivity index (χ1v) is 8.21. The van der Waals surface area contributed by atoms with E-state index in [2.05, 4.69) is 48.7 Å². The number of fused-ring (bicyclic) bond motifs is 1. The highest BCUT2D eigenvalue weighted by Crippen LogP contribution is 2.40. The summed E-state index contributed by atoms with van der Waals surface area (Å²) in [6.45, 7) is 2.89. The van der Waals surface area contributed by atoms with E-state index in [4.69, 9.17) is 0 Å². The van der Waals surface area contributed by atoms with Crippen molar-refractivity contribution in [2.45, 2.75) is 29.4 Å². The number of benzene rings is 1. The molecule has 2 aromatic rings. The van der Waals surface area contributed by atoms with Gasteiger partial charge in [0.25, 0.3) is 0 Å². The van der Waals surface area contributed by atoms with Gasteiger partial charge in [-0.1, -0.05) is 6.92 Å². The van der Waals surface area contributed by atoms with Gasteiger partial charge in [0.1, 0.15) is 12.4 Å². The molecule has 21 heavy (non-hydrogen) atoms. The molecule has 0 saturated carbocycles. The van der Waals surface area contributed by atoms with E-state index < -0.39 is 0 Å². The Balaban J connectivity index is 1.88. The SMILES string of the molecule is CCCNC1C(=O)Nc2cc(Sc3ncn[nH]3)c(Br)cc21. The van der Waals surface area contributed by atoms with Crippen LogP contribution in [0, 0.1) is 0 Å². The second-order valence-electron chi connectivity index (χ2n) is 4.64. The molecule has 0 aliphatic carbocycles. The van der Waals surface area contributed by atoms with Crippen molar-refractivity contribution < 1.29 is 4.79 Å². The molecule has 2 heterocycles. The van der Waals surface area contributed by atoms with Crippen molar-refractivity contribution in [3.63, 3.8) is 0 Å². The Morgan fingerprint density at radius 1 is 1.48 bits per heavy atom. The lowest BCUT2D eigenvalue weighted by atomic mass is 10.1. The van der Waals surface area contributed by atoms with Crippen LogP contribution in [0.1, 0.15) is 24.9 Å². The lowest BCUT2D eigenvalue weighted by Crippen LogP contribution is -2.27. The molecule has 0 spiro atoms. The molecule has 1 unspecified atom stereocenters. The molecule has 3 N–H and O–H groups in total. The molecule has 1 atom stereocenters. The second-order valence-corrected chi connectivity index (χ2v) is 6.52. The van der Waals surface area contributed by atoms with Crippen LogP contribution in [0.15, 0.2) is 33.0 Å². The summed E-state index contributed by atoms with van der Waals surface area (Å²) in [5.74, 6) is -0.00725. The number of aromatic nitrogens is 3. The number of anilines is 1. The average Bonchev–Trinajstić information content (AvgIpc) is 3.05. The van der Waals surface area contributed by atoms with Gasteiger partial charge in [0.2, 0.25) is 5.91 Å². The quantitative estimate of drug-likeness (QED) is 0.756. The second kappa shape index (κ2) is 6.17. The zero-order valence-electron chi connectivity index (χ0n) is 11.3. The summed E-state index contributed by atoms with van der Waals surface area (Å²) in [5.41, 5.74) is 1.82. The summed E-state index contributed by atoms with van der Waals surface area (Å²) in [7, 11) is 0. The smallest absolute Gasteiger partial charge is 0.246 e. The number of nitrogens with one attached hydrogen (secondary N) is 3. The molecular weight excluding hydrogens is 354 g/mol. The van der Waals surface area contributed by atoms with E-state index in [9.17, 15) is 4.79 Å². The fraction of sp³-hybridized carbons (Fsp3) is 0.308. The molecule has 0 fully saturated rings. The Kier molecular flexibility index (Phi) is 4.27. The summed E-state index contributed by atoms with van der Waals surface area (Å²) in [5, 5.41) is 13.5. The Bertz CT molecular complexity index is 661. The molecule has 6 nitrogen and oxygen atoms in total. The van der Waals surface area contributed by atoms with Crippen molar-refractivity contribution in [2.24, 2.45) is 0 Å². The van der Waals surface area contributed by atoms with Crippen molar-refractivity contribution in [1.29, 1.82) is 0 Å². The number of rotatable bonds is 5. The van der Waals surface area contributed by atoms with Crippen LogP contribution < -0.4 is 10.6 Å². The number of nitrogens with zero attached hydrogens (tertiary/aromatic N) is 2. The van der Waals surface area contributed by atoms with Crippen LogP contribution in [0.5, 0.6) is 0 Å². The van der Waals surface area contributed by atoms with Crippen LogP contribution in [0.2, 0.25) is 0 Å². The van der Waals surface area contributed by atoms with Crippen LogP contribution in [0.3, 0.4) is 0 Å². The van der Waals surface area contributed by atoms with Gasteiger partial charge in [-0.2, -0.15) is 5.10 Å². The number of carbonyl (C=O) groups is 1. The van der Waals surface area contributed by atoms with Gasteiger partial charge in [-0.15, -0.1) is 0 Å². The first-order valence-electron chi connectivity index (χ1n) is 6.60. The van der Waals surface area contributed by atoms with Gasteiger partial charge in [0, 0.05) is 20.6 Å². The molecule has 3 rings (SSSR count). The molecule has 1 aliphatic rings. The van der Waals surface area contributed by atoms with Crippen LogP contribution in [0.4, 0.5) is 5.69 Å². The van der Waals surface area contributed by atoms with Gasteiger partial charge >= 0.3 is 0 Å². The summed E-state index contributed by atoms with van der Waals surface area (Å²) in [6, 6.07) is 3.66. The van der Waals surface area contributed by atoms with Crippen molar-refractivity contribution in [2.75, 3.05) is 11.9 Å². The van der Waals surface area contributed by atoms with Crippen LogP contribution in [0.25, 0.3) is 0 Å². The molecule has 1 aliphatic heterocycles. The first-order chi connectivity index (χ1) is 10.2. The van der Waals surface area contributed by atoms with Crippen LogP contribution in [-0.4, -0.2) is 27.6 Å². The van der Waals surface area contributed by atoms with E-state index in [1.54, 1.807) is 0 Å². The minimum absolute atomic E-state index is 0.00725. The summed E-state index contributed by atoms with van der Waals surface area (Å²) >= 11 is 5.02. The van der Waals surface area contributed by atoms with Gasteiger partial charge in [0.05, 0.1) is 0 Å². The maximum absolute atomic E-state index is 12.1. The fourth-order valence-electron chi connectivity index (χ4n) is 2.18. The maximum atomic E-state index is 12.1. The van der Waals surface area contributed by atoms with Crippen molar-refractivity contribution in [3.05, 3.63) is 28.5 Å². The monoisotopic (exact) mass is 367 g/mol. The predicted molar refractivity (Wildman–Crippen MR) is 84.3 cm³/mol. The summed E-state index contributed by atoms with van der Waals surface area (Å²) in [4.78, 5) is 17.1. The van der Waals surface area contributed by atoms with Gasteiger partial charge in [-0.3, -0.25) is 9.89 Å². The number of amides is 1. The molecule has 1 amide bonds. The predicted octanol–water partition coefficient (Wildman–Crippen LogP) is 2.71. The van der Waals surface area contributed by atoms with Crippen LogP contribution >= 0.6 is 27.7 Å². The molecule has 0 bridgehead atoms. The minimum atomic E-state index is -0.277. The number of hydrogen-bond donors (Lipinski definition) is 3. The van der Waals surface area contributed by atoms with E-state index in [1.165, 1.54) is 18.1 Å². The zero-order chi connectivity index (χ0) is 14.8. The van der Waals surface area contributed by atoms with E-state index in [1.807, 2.05) is 12.1 Å². The molecule has 1 aromatic carbocycles. The third-order valence-electron chi connectivity index (χ3n) is 3.13. The standard InChI is InChI=1S/C13H14BrN5OS/c1-2-3-15-11-7-4-8(14)10(5-9(7)18-12(11)20)21-13-16-6-17-19-13/h4-6,11,15H,2-3H2,1H3,(H,18,20)(H,16,17,19). The number of H-pyrrole nitrogens is 1. The van der Waals surface area contributed by atoms with Crippen molar-refractivity contribution >= 4 is 39.3 Å². The third-order valence-corrected chi connectivity index (χ3v) is 5.00. The highest BCUT2D eigenvalue weighted by Gasteiger charge is 2.31. The average molecular weight is 368 g/mol. The zero-order valence-corrected chi connectivity index (χ0v) is 13.7. The van der Waals surface area contributed by atoms with E-state index >= 15 is 0 Å². The molecule has 8 heteroatoms. The van der Waals surface area contributed by atoms with Crippen LogP contribution in [-0.2, 0) is 4.79 Å². The first kappa shape index (κ1) is 14.6. The lowest BCUT2D eigenvalue weighted by Gasteiger charge is -2.11. The van der Waals surface area contributed by atoms with Crippen molar-refractivity contribution in [1.82, 2.24) is 20.5 Å². The molecule has 1 aromatic heterocycles. The van der Waals surface area contributed by atoms with Crippen molar-refractivity contribution in [3.8, 4) is 0 Å². The highest BCUT2D eigenvalue weighted by atomic mass is 79.9.